The van der Waals surface area contributed by atoms with Gasteiger partial charge in [-0.05, 0) is 61.4 Å². The molecule has 52 heavy (non-hydrogen) atoms. The normalized spacial score (nSPS) is 9.27. The van der Waals surface area contributed by atoms with E-state index in [-0.39, 0.29) is 77.9 Å². The molecule has 0 aliphatic rings. The first kappa shape index (κ1) is 51.4. The number of para-hydroxylation sites is 2. The van der Waals surface area contributed by atoms with Gasteiger partial charge in [-0.2, -0.15) is 0 Å². The third kappa shape index (κ3) is 26.8. The van der Waals surface area contributed by atoms with Gasteiger partial charge < -0.3 is 65.7 Å². The fraction of sp³-hybridized carbons (Fsp3) is 0.200. The largest absolute Gasteiger partial charge is 3.00 e. The second-order valence-electron chi connectivity index (χ2n) is 8.47. The van der Waals surface area contributed by atoms with Crippen molar-refractivity contribution in [3.63, 3.8) is 0 Å². The van der Waals surface area contributed by atoms with Crippen molar-refractivity contribution in [3.05, 3.63) is 154 Å². The monoisotopic (exact) mass is 934 g/mol. The standard InChI is InChI=1S/2C15H16N2O2.3NO3.Yb.Zn/c2*1-2-19-14-8-5-6-12(15(14)18)10-16-11-13-7-3-4-9-17-13;3*2-1(3)4;;/h2*3-10,18H,2,11H2,1H3;;;;;/q;;3*-1;+3;+2/p-2. The summed E-state index contributed by atoms with van der Waals surface area (Å²) in [6.07, 6.45) is 6.58. The van der Waals surface area contributed by atoms with Crippen molar-refractivity contribution in [2.45, 2.75) is 26.9 Å². The molecule has 2 aromatic heterocycles. The molecule has 0 N–H and O–H groups in total. The van der Waals surface area contributed by atoms with E-state index in [1.807, 2.05) is 50.2 Å². The fourth-order valence-corrected chi connectivity index (χ4v) is 3.27. The van der Waals surface area contributed by atoms with Gasteiger partial charge in [0.15, 0.2) is 0 Å². The van der Waals surface area contributed by atoms with Crippen LogP contribution in [-0.4, -0.2) is 50.9 Å². The van der Waals surface area contributed by atoms with Crippen molar-refractivity contribution in [1.29, 1.82) is 0 Å². The Kier molecular flexibility index (Phi) is 31.6. The van der Waals surface area contributed by atoms with Gasteiger partial charge in [0.05, 0.1) is 53.0 Å². The zero-order valence-electron chi connectivity index (χ0n) is 27.5. The Balaban J connectivity index is -0.000000686. The Bertz CT molecular complexity index is 1500. The summed E-state index contributed by atoms with van der Waals surface area (Å²) in [6.45, 7) is 5.56. The Morgan fingerprint density at radius 2 is 0.923 bits per heavy atom. The molecule has 2 aromatic carbocycles. The maximum Gasteiger partial charge on any atom is 3.00 e. The Morgan fingerprint density at radius 1 is 0.596 bits per heavy atom. The average Bonchev–Trinajstić information content (AvgIpc) is 3.05. The predicted molar refractivity (Wildman–Crippen MR) is 176 cm³/mol. The third-order valence-corrected chi connectivity index (χ3v) is 5.04. The summed E-state index contributed by atoms with van der Waals surface area (Å²) in [7, 11) is 0. The number of aromatic nitrogens is 2. The molecule has 279 valence electrons. The van der Waals surface area contributed by atoms with Crippen LogP contribution in [0.3, 0.4) is 0 Å². The molecule has 0 aliphatic heterocycles. The summed E-state index contributed by atoms with van der Waals surface area (Å²) in [5.74, 6) is 0.469. The molecule has 0 aliphatic carbocycles. The maximum absolute atomic E-state index is 12.0. The summed E-state index contributed by atoms with van der Waals surface area (Å²) < 4.78 is 10.5. The van der Waals surface area contributed by atoms with E-state index >= 15 is 0 Å². The smallest absolute Gasteiger partial charge is 0.870 e. The molecule has 20 nitrogen and oxygen atoms in total. The van der Waals surface area contributed by atoms with Gasteiger partial charge in [0, 0.05) is 24.8 Å². The van der Waals surface area contributed by atoms with Crippen LogP contribution < -0.4 is 19.7 Å². The Hall–Kier alpha value is -4.98. The molecule has 0 fully saturated rings. The number of rotatable bonds is 10. The predicted octanol–water partition coefficient (Wildman–Crippen LogP) is 3.63. The Morgan fingerprint density at radius 3 is 1.19 bits per heavy atom. The molecule has 4 aromatic rings. The molecule has 0 atom stereocenters. The van der Waals surface area contributed by atoms with Crippen molar-refractivity contribution in [2.24, 2.45) is 9.98 Å². The number of ether oxygens (including phenoxy) is 2. The summed E-state index contributed by atoms with van der Waals surface area (Å²) in [5, 5.41) is 68.2. The van der Waals surface area contributed by atoms with Crippen LogP contribution in [0.2, 0.25) is 0 Å². The Labute approximate surface area is 347 Å². The SMILES string of the molecule is CCOc1cccc(C=NCc2ccccn2)c1[O-].CCOc1cccc(C=NCc2ccccn2)c1[O-].O=[N+]([O-])[O-].O=[N+]([O-])[O-].O=[N+]([O-])[O-].[Yb+3].[Zn+2]. The fourth-order valence-electron chi connectivity index (χ4n) is 3.27. The second-order valence-corrected chi connectivity index (χ2v) is 8.47. The van der Waals surface area contributed by atoms with Crippen LogP contribution in [0.4, 0.5) is 0 Å². The van der Waals surface area contributed by atoms with E-state index in [4.69, 9.17) is 55.4 Å². The van der Waals surface area contributed by atoms with Gasteiger partial charge in [-0.3, -0.25) is 20.0 Å². The summed E-state index contributed by atoms with van der Waals surface area (Å²) in [5.41, 5.74) is 2.79. The quantitative estimate of drug-likeness (QED) is 0.0949. The molecule has 0 saturated carbocycles. The van der Waals surface area contributed by atoms with Gasteiger partial charge in [-0.15, -0.1) is 0 Å². The van der Waals surface area contributed by atoms with E-state index in [1.54, 1.807) is 61.2 Å². The number of benzene rings is 2. The van der Waals surface area contributed by atoms with Crippen LogP contribution in [0, 0.1) is 92.9 Å². The first-order chi connectivity index (χ1) is 23.8. The second kappa shape index (κ2) is 32.0. The van der Waals surface area contributed by atoms with Crippen molar-refractivity contribution in [2.75, 3.05) is 13.2 Å². The molecule has 1 radical (unpaired) electrons. The van der Waals surface area contributed by atoms with Gasteiger partial charge >= 0.3 is 66.4 Å². The van der Waals surface area contributed by atoms with Crippen LogP contribution in [-0.2, 0) is 32.6 Å². The molecule has 0 saturated heterocycles. The summed E-state index contributed by atoms with van der Waals surface area (Å²) in [6, 6.07) is 21.7. The third-order valence-electron chi connectivity index (χ3n) is 5.04. The van der Waals surface area contributed by atoms with E-state index in [1.165, 1.54) is 0 Å². The van der Waals surface area contributed by atoms with E-state index in [0.29, 0.717) is 48.9 Å². The van der Waals surface area contributed by atoms with Crippen LogP contribution >= 0.6 is 0 Å². The van der Waals surface area contributed by atoms with Gasteiger partial charge in [0.2, 0.25) is 0 Å². The number of hydrogen-bond donors (Lipinski definition) is 0. The molecule has 4 rings (SSSR count). The number of aliphatic imine (C=N–C) groups is 2. The van der Waals surface area contributed by atoms with Gasteiger partial charge in [0.1, 0.15) is 11.5 Å². The van der Waals surface area contributed by atoms with Crippen molar-refractivity contribution >= 4 is 12.4 Å². The minimum atomic E-state index is -1.75. The molecule has 0 unspecified atom stereocenters. The molecule has 22 heteroatoms. The van der Waals surface area contributed by atoms with E-state index < -0.39 is 15.3 Å². The van der Waals surface area contributed by atoms with Crippen LogP contribution in [0.5, 0.6) is 23.0 Å². The van der Waals surface area contributed by atoms with Gasteiger partial charge in [0.25, 0.3) is 0 Å². The topological polar surface area (TPSA) is 314 Å². The maximum atomic E-state index is 12.0. The first-order valence-corrected chi connectivity index (χ1v) is 13.9. The molecular weight excluding hydrogens is 905 g/mol. The first-order valence-electron chi connectivity index (χ1n) is 13.9. The van der Waals surface area contributed by atoms with Crippen molar-refractivity contribution < 1.29 is 101 Å². The molecule has 0 amide bonds. The van der Waals surface area contributed by atoms with Crippen LogP contribution in [0.25, 0.3) is 0 Å². The number of hydrogen-bond acceptors (Lipinski definition) is 17. The minimum Gasteiger partial charge on any atom is -0.870 e. The number of pyridine rings is 2. The van der Waals surface area contributed by atoms with E-state index in [2.05, 4.69) is 20.0 Å². The van der Waals surface area contributed by atoms with Gasteiger partial charge in [-0.25, -0.2) is 0 Å². The average molecular weight is 935 g/mol. The minimum absolute atomic E-state index is 0. The molecule has 0 bridgehead atoms. The van der Waals surface area contributed by atoms with Crippen LogP contribution in [0.15, 0.2) is 95.2 Å². The molecular formula is C30H30N7O13YbZn. The van der Waals surface area contributed by atoms with E-state index in [9.17, 15) is 10.2 Å². The summed E-state index contributed by atoms with van der Waals surface area (Å²) in [4.78, 5) is 41.5. The van der Waals surface area contributed by atoms with Gasteiger partial charge in [-0.1, -0.05) is 47.9 Å². The summed E-state index contributed by atoms with van der Waals surface area (Å²) >= 11 is 0. The number of nitrogens with zero attached hydrogens (tertiary/aromatic N) is 7. The van der Waals surface area contributed by atoms with Crippen molar-refractivity contribution in [3.8, 4) is 23.0 Å². The molecule has 2 heterocycles. The zero-order valence-corrected chi connectivity index (χ0v) is 32.2. The van der Waals surface area contributed by atoms with Crippen LogP contribution in [0.1, 0.15) is 36.4 Å². The zero-order chi connectivity index (χ0) is 37.7. The van der Waals surface area contributed by atoms with Crippen molar-refractivity contribution in [1.82, 2.24) is 9.97 Å². The van der Waals surface area contributed by atoms with E-state index in [0.717, 1.165) is 11.4 Å². The molecule has 0 spiro atoms.